The van der Waals surface area contributed by atoms with Crippen LogP contribution in [0.1, 0.15) is 11.7 Å². The highest BCUT2D eigenvalue weighted by molar-refractivity contribution is 5.30. The highest BCUT2D eigenvalue weighted by Crippen LogP contribution is 2.21. The van der Waals surface area contributed by atoms with Crippen LogP contribution in [0.25, 0.3) is 0 Å². The van der Waals surface area contributed by atoms with Crippen molar-refractivity contribution in [3.05, 3.63) is 29.8 Å². The SMILES string of the molecule is COc1cccc(C(O)C(O)C#N)c1. The van der Waals surface area contributed by atoms with E-state index in [1.54, 1.807) is 30.3 Å². The third-order valence-electron chi connectivity index (χ3n) is 1.87. The average Bonchev–Trinajstić information content (AvgIpc) is 2.27. The van der Waals surface area contributed by atoms with Crippen molar-refractivity contribution in [2.45, 2.75) is 12.2 Å². The van der Waals surface area contributed by atoms with E-state index >= 15 is 0 Å². The summed E-state index contributed by atoms with van der Waals surface area (Å²) in [5.41, 5.74) is 0.457. The van der Waals surface area contributed by atoms with Gasteiger partial charge in [-0.2, -0.15) is 5.26 Å². The van der Waals surface area contributed by atoms with Crippen molar-refractivity contribution in [2.75, 3.05) is 7.11 Å². The number of hydrogen-bond donors (Lipinski definition) is 2. The molecule has 2 unspecified atom stereocenters. The lowest BCUT2D eigenvalue weighted by molar-refractivity contribution is 0.0526. The number of nitriles is 1. The summed E-state index contributed by atoms with van der Waals surface area (Å²) in [6.07, 6.45) is -2.61. The van der Waals surface area contributed by atoms with E-state index in [-0.39, 0.29) is 0 Å². The van der Waals surface area contributed by atoms with Crippen molar-refractivity contribution in [1.29, 1.82) is 5.26 Å². The Bertz CT molecular complexity index is 345. The molecule has 0 radical (unpaired) electrons. The van der Waals surface area contributed by atoms with Crippen molar-refractivity contribution >= 4 is 0 Å². The fraction of sp³-hybridized carbons (Fsp3) is 0.300. The van der Waals surface area contributed by atoms with Gasteiger partial charge in [-0.1, -0.05) is 12.1 Å². The molecule has 0 spiro atoms. The molecular weight excluding hydrogens is 182 g/mol. The molecule has 0 fully saturated rings. The van der Waals surface area contributed by atoms with Gasteiger partial charge >= 0.3 is 0 Å². The van der Waals surface area contributed by atoms with Crippen LogP contribution >= 0.6 is 0 Å². The third-order valence-corrected chi connectivity index (χ3v) is 1.87. The quantitative estimate of drug-likeness (QED) is 0.690. The van der Waals surface area contributed by atoms with Gasteiger partial charge in [-0.3, -0.25) is 0 Å². The van der Waals surface area contributed by atoms with E-state index in [4.69, 9.17) is 15.1 Å². The Balaban J connectivity index is 2.90. The Hall–Kier alpha value is -1.57. The van der Waals surface area contributed by atoms with E-state index in [0.717, 1.165) is 0 Å². The van der Waals surface area contributed by atoms with Crippen LogP contribution in [0.4, 0.5) is 0 Å². The van der Waals surface area contributed by atoms with Gasteiger partial charge in [0.15, 0.2) is 6.10 Å². The van der Waals surface area contributed by atoms with Crippen LogP contribution in [0.3, 0.4) is 0 Å². The predicted octanol–water partition coefficient (Wildman–Crippen LogP) is 0.613. The van der Waals surface area contributed by atoms with Crippen LogP contribution in [-0.2, 0) is 0 Å². The van der Waals surface area contributed by atoms with Gasteiger partial charge in [0.05, 0.1) is 13.2 Å². The molecule has 0 aromatic heterocycles. The fourth-order valence-corrected chi connectivity index (χ4v) is 1.08. The third kappa shape index (κ3) is 2.22. The van der Waals surface area contributed by atoms with Crippen molar-refractivity contribution in [3.63, 3.8) is 0 Å². The highest BCUT2D eigenvalue weighted by Gasteiger charge is 2.17. The van der Waals surface area contributed by atoms with Crippen LogP contribution in [0, 0.1) is 11.3 Å². The Morgan fingerprint density at radius 2 is 2.14 bits per heavy atom. The zero-order valence-corrected chi connectivity index (χ0v) is 7.71. The highest BCUT2D eigenvalue weighted by atomic mass is 16.5. The molecule has 4 nitrogen and oxygen atoms in total. The molecule has 14 heavy (non-hydrogen) atoms. The van der Waals surface area contributed by atoms with Gasteiger partial charge in [-0.05, 0) is 17.7 Å². The molecule has 2 N–H and O–H groups in total. The Morgan fingerprint density at radius 1 is 1.43 bits per heavy atom. The zero-order chi connectivity index (χ0) is 10.6. The lowest BCUT2D eigenvalue weighted by Crippen LogP contribution is -2.15. The molecule has 0 heterocycles. The molecule has 0 aliphatic carbocycles. The number of nitrogens with zero attached hydrogens (tertiary/aromatic N) is 1. The smallest absolute Gasteiger partial charge is 0.170 e. The maximum atomic E-state index is 9.48. The van der Waals surface area contributed by atoms with E-state index in [2.05, 4.69) is 0 Å². The van der Waals surface area contributed by atoms with Crippen LogP contribution in [0.5, 0.6) is 5.75 Å². The van der Waals surface area contributed by atoms with Gasteiger partial charge < -0.3 is 14.9 Å². The monoisotopic (exact) mass is 193 g/mol. The van der Waals surface area contributed by atoms with Gasteiger partial charge in [0, 0.05) is 0 Å². The van der Waals surface area contributed by atoms with Gasteiger partial charge in [-0.15, -0.1) is 0 Å². The molecular formula is C10H11NO3. The summed E-state index contributed by atoms with van der Waals surface area (Å²) in [5.74, 6) is 0.576. The molecule has 0 saturated carbocycles. The van der Waals surface area contributed by atoms with Crippen LogP contribution < -0.4 is 4.74 Å². The van der Waals surface area contributed by atoms with Crippen LogP contribution in [0.15, 0.2) is 24.3 Å². The van der Waals surface area contributed by atoms with Gasteiger partial charge in [0.1, 0.15) is 11.9 Å². The largest absolute Gasteiger partial charge is 0.497 e. The van der Waals surface area contributed by atoms with Gasteiger partial charge in [0.25, 0.3) is 0 Å². The minimum absolute atomic E-state index is 0.457. The number of hydrogen-bond acceptors (Lipinski definition) is 4. The van der Waals surface area contributed by atoms with Crippen molar-refractivity contribution < 1.29 is 14.9 Å². The second-order valence-corrected chi connectivity index (χ2v) is 2.80. The molecule has 4 heteroatoms. The van der Waals surface area contributed by atoms with Crippen LogP contribution in [0.2, 0.25) is 0 Å². The number of benzene rings is 1. The molecule has 0 saturated heterocycles. The first-order valence-electron chi connectivity index (χ1n) is 4.08. The zero-order valence-electron chi connectivity index (χ0n) is 7.71. The Kier molecular flexibility index (Phi) is 3.46. The van der Waals surface area contributed by atoms with Crippen LogP contribution in [-0.4, -0.2) is 23.4 Å². The molecule has 1 aromatic rings. The first kappa shape index (κ1) is 10.5. The standard InChI is InChI=1S/C10H11NO3/c1-14-8-4-2-3-7(5-8)10(13)9(12)6-11/h2-5,9-10,12-13H,1H3. The number of rotatable bonds is 3. The Morgan fingerprint density at radius 3 is 2.71 bits per heavy atom. The Labute approximate surface area is 82.0 Å². The minimum Gasteiger partial charge on any atom is -0.497 e. The van der Waals surface area contributed by atoms with Gasteiger partial charge in [-0.25, -0.2) is 0 Å². The number of aliphatic hydroxyl groups excluding tert-OH is 2. The van der Waals surface area contributed by atoms with Crippen molar-refractivity contribution in [3.8, 4) is 11.8 Å². The van der Waals surface area contributed by atoms with E-state index in [1.807, 2.05) is 0 Å². The molecule has 74 valence electrons. The number of methoxy groups -OCH3 is 1. The molecule has 1 aromatic carbocycles. The molecule has 2 atom stereocenters. The summed E-state index contributed by atoms with van der Waals surface area (Å²) < 4.78 is 4.94. The first-order chi connectivity index (χ1) is 6.69. The molecule has 1 rings (SSSR count). The summed E-state index contributed by atoms with van der Waals surface area (Å²) in [5, 5.41) is 27.0. The van der Waals surface area contributed by atoms with E-state index < -0.39 is 12.2 Å². The predicted molar refractivity (Wildman–Crippen MR) is 49.6 cm³/mol. The van der Waals surface area contributed by atoms with Crippen molar-refractivity contribution in [2.24, 2.45) is 0 Å². The van der Waals surface area contributed by atoms with Gasteiger partial charge in [0.2, 0.25) is 0 Å². The lowest BCUT2D eigenvalue weighted by Gasteiger charge is -2.12. The lowest BCUT2D eigenvalue weighted by atomic mass is 10.1. The molecule has 0 aliphatic heterocycles. The van der Waals surface area contributed by atoms with E-state index in [9.17, 15) is 5.11 Å². The summed E-state index contributed by atoms with van der Waals surface area (Å²) in [6.45, 7) is 0. The molecule has 0 amide bonds. The second kappa shape index (κ2) is 4.61. The average molecular weight is 193 g/mol. The number of ether oxygens (including phenoxy) is 1. The minimum atomic E-state index is -1.41. The second-order valence-electron chi connectivity index (χ2n) is 2.80. The molecule has 0 aliphatic rings. The maximum absolute atomic E-state index is 9.48. The fourth-order valence-electron chi connectivity index (χ4n) is 1.08. The maximum Gasteiger partial charge on any atom is 0.170 e. The summed E-state index contributed by atoms with van der Waals surface area (Å²) >= 11 is 0. The normalized spacial score (nSPS) is 14.1. The molecule has 0 bridgehead atoms. The summed E-state index contributed by atoms with van der Waals surface area (Å²) in [7, 11) is 1.51. The number of aliphatic hydroxyl groups is 2. The van der Waals surface area contributed by atoms with E-state index in [1.165, 1.54) is 7.11 Å². The first-order valence-corrected chi connectivity index (χ1v) is 4.08. The summed E-state index contributed by atoms with van der Waals surface area (Å²) in [4.78, 5) is 0. The van der Waals surface area contributed by atoms with E-state index in [0.29, 0.717) is 11.3 Å². The topological polar surface area (TPSA) is 73.5 Å². The summed E-state index contributed by atoms with van der Waals surface area (Å²) in [6, 6.07) is 8.16. The van der Waals surface area contributed by atoms with Crippen molar-refractivity contribution in [1.82, 2.24) is 0 Å².